The molecule has 6 rings (SSSR count). The quantitative estimate of drug-likeness (QED) is 0.735. The number of pyridine rings is 1. The largest absolute Gasteiger partial charge is 0.322 e. The van der Waals surface area contributed by atoms with E-state index in [9.17, 15) is 4.79 Å². The van der Waals surface area contributed by atoms with Gasteiger partial charge in [0.2, 0.25) is 0 Å². The van der Waals surface area contributed by atoms with Gasteiger partial charge in [-0.15, -0.1) is 0 Å². The highest BCUT2D eigenvalue weighted by molar-refractivity contribution is 6.34. The van der Waals surface area contributed by atoms with Crippen LogP contribution in [-0.4, -0.2) is 10.9 Å². The minimum Gasteiger partial charge on any atom is -0.322 e. The lowest BCUT2D eigenvalue weighted by Crippen LogP contribution is -2.48. The molecule has 140 valence electrons. The number of hydrogen-bond acceptors (Lipinski definition) is 2. The van der Waals surface area contributed by atoms with Crippen LogP contribution in [-0.2, 0) is 5.41 Å². The van der Waals surface area contributed by atoms with Crippen LogP contribution < -0.4 is 5.32 Å². The van der Waals surface area contributed by atoms with Gasteiger partial charge in [0.25, 0.3) is 5.91 Å². The van der Waals surface area contributed by atoms with E-state index in [1.165, 1.54) is 50.3 Å². The summed E-state index contributed by atoms with van der Waals surface area (Å²) in [7, 11) is 0. The van der Waals surface area contributed by atoms with Gasteiger partial charge in [0.15, 0.2) is 0 Å². The van der Waals surface area contributed by atoms with E-state index in [0.717, 1.165) is 29.0 Å². The lowest BCUT2D eigenvalue weighted by Gasteiger charge is -2.57. The topological polar surface area (TPSA) is 42.0 Å². The Morgan fingerprint density at radius 1 is 1.11 bits per heavy atom. The summed E-state index contributed by atoms with van der Waals surface area (Å²) in [6.45, 7) is 2.09. The van der Waals surface area contributed by atoms with E-state index in [-0.39, 0.29) is 5.91 Å². The van der Waals surface area contributed by atoms with Crippen LogP contribution in [0.4, 0.5) is 5.69 Å². The standard InChI is InChI=1S/C23H25ClN2O/c1-14-6-18(23-10-15-7-16(11-23)9-17(8-15)12-23)2-3-21(14)26-22(27)19-13-25-5-4-20(19)24/h2-6,13,15-17H,7-12H2,1H3,(H,26,27). The normalized spacial score (nSPS) is 31.1. The minimum absolute atomic E-state index is 0.209. The molecule has 3 nitrogen and oxygen atoms in total. The van der Waals surface area contributed by atoms with Crippen LogP contribution in [0.3, 0.4) is 0 Å². The summed E-state index contributed by atoms with van der Waals surface area (Å²) in [4.78, 5) is 16.6. The summed E-state index contributed by atoms with van der Waals surface area (Å²) >= 11 is 6.13. The molecule has 1 aromatic carbocycles. The van der Waals surface area contributed by atoms with Gasteiger partial charge in [0, 0.05) is 18.1 Å². The molecular formula is C23H25ClN2O. The number of anilines is 1. The Morgan fingerprint density at radius 3 is 2.37 bits per heavy atom. The fraction of sp³-hybridized carbons (Fsp3) is 0.478. The molecule has 1 amide bonds. The Bertz CT molecular complexity index is 872. The van der Waals surface area contributed by atoms with Crippen LogP contribution in [0.1, 0.15) is 60.0 Å². The van der Waals surface area contributed by atoms with Crippen LogP contribution in [0, 0.1) is 24.7 Å². The Balaban J connectivity index is 1.40. The molecule has 27 heavy (non-hydrogen) atoms. The predicted octanol–water partition coefficient (Wildman–Crippen LogP) is 5.76. The molecule has 1 N–H and O–H groups in total. The van der Waals surface area contributed by atoms with Gasteiger partial charge in [-0.05, 0) is 91.9 Å². The fourth-order valence-corrected chi connectivity index (χ4v) is 6.52. The third-order valence-electron chi connectivity index (χ3n) is 7.14. The number of hydrogen-bond donors (Lipinski definition) is 1. The van der Waals surface area contributed by atoms with Gasteiger partial charge in [-0.1, -0.05) is 23.7 Å². The molecule has 4 fully saturated rings. The van der Waals surface area contributed by atoms with Crippen molar-refractivity contribution in [3.05, 3.63) is 58.4 Å². The SMILES string of the molecule is Cc1cc(C23CC4CC(CC(C4)C2)C3)ccc1NC(=O)c1cnccc1Cl. The van der Waals surface area contributed by atoms with Crippen LogP contribution in [0.25, 0.3) is 0 Å². The smallest absolute Gasteiger partial charge is 0.258 e. The van der Waals surface area contributed by atoms with Crippen molar-refractivity contribution in [2.45, 2.75) is 50.9 Å². The monoisotopic (exact) mass is 380 g/mol. The average molecular weight is 381 g/mol. The second-order valence-electron chi connectivity index (χ2n) is 9.04. The predicted molar refractivity (Wildman–Crippen MR) is 108 cm³/mol. The van der Waals surface area contributed by atoms with Gasteiger partial charge in [-0.25, -0.2) is 0 Å². The number of nitrogens with zero attached hydrogens (tertiary/aromatic N) is 1. The van der Waals surface area contributed by atoms with Crippen LogP contribution >= 0.6 is 11.6 Å². The maximum absolute atomic E-state index is 12.6. The van der Waals surface area contributed by atoms with Crippen LogP contribution in [0.15, 0.2) is 36.7 Å². The summed E-state index contributed by atoms with van der Waals surface area (Å²) < 4.78 is 0. The number of rotatable bonds is 3. The maximum atomic E-state index is 12.6. The van der Waals surface area contributed by atoms with Crippen molar-refractivity contribution in [2.24, 2.45) is 17.8 Å². The number of nitrogens with one attached hydrogen (secondary N) is 1. The maximum Gasteiger partial charge on any atom is 0.258 e. The molecule has 4 aliphatic carbocycles. The summed E-state index contributed by atoms with van der Waals surface area (Å²) in [6.07, 6.45) is 11.5. The third kappa shape index (κ3) is 2.97. The first-order chi connectivity index (χ1) is 13.0. The number of carbonyl (C=O) groups is 1. The highest BCUT2D eigenvalue weighted by Crippen LogP contribution is 2.60. The van der Waals surface area contributed by atoms with Crippen molar-refractivity contribution >= 4 is 23.2 Å². The number of carbonyl (C=O) groups excluding carboxylic acids is 1. The Labute approximate surface area is 165 Å². The Hall–Kier alpha value is -1.87. The first-order valence-corrected chi connectivity index (χ1v) is 10.4. The van der Waals surface area contributed by atoms with E-state index < -0.39 is 0 Å². The van der Waals surface area contributed by atoms with Gasteiger partial charge in [0.1, 0.15) is 0 Å². The van der Waals surface area contributed by atoms with Crippen molar-refractivity contribution in [2.75, 3.05) is 5.32 Å². The molecule has 4 heteroatoms. The lowest BCUT2D eigenvalue weighted by molar-refractivity contribution is -0.00520. The molecule has 0 aliphatic heterocycles. The molecule has 4 saturated carbocycles. The van der Waals surface area contributed by atoms with E-state index in [0.29, 0.717) is 16.0 Å². The molecule has 0 saturated heterocycles. The van der Waals surface area contributed by atoms with Crippen molar-refractivity contribution in [1.82, 2.24) is 4.98 Å². The Morgan fingerprint density at radius 2 is 1.78 bits per heavy atom. The van der Waals surface area contributed by atoms with Gasteiger partial charge in [0.05, 0.1) is 10.6 Å². The summed E-state index contributed by atoms with van der Waals surface area (Å²) in [6, 6.07) is 8.28. The van der Waals surface area contributed by atoms with Gasteiger partial charge < -0.3 is 5.32 Å². The zero-order valence-corrected chi connectivity index (χ0v) is 16.4. The number of benzene rings is 1. The second kappa shape index (κ2) is 6.34. The average Bonchev–Trinajstić information content (AvgIpc) is 2.62. The molecule has 4 aliphatic rings. The van der Waals surface area contributed by atoms with Crippen molar-refractivity contribution in [3.63, 3.8) is 0 Å². The summed E-state index contributed by atoms with van der Waals surface area (Å²) in [5.74, 6) is 2.59. The molecule has 1 aromatic heterocycles. The van der Waals surface area contributed by atoms with Crippen LogP contribution in [0.5, 0.6) is 0 Å². The molecule has 2 aromatic rings. The van der Waals surface area contributed by atoms with Crippen molar-refractivity contribution in [1.29, 1.82) is 0 Å². The third-order valence-corrected chi connectivity index (χ3v) is 7.47. The highest BCUT2D eigenvalue weighted by Gasteiger charge is 2.51. The zero-order valence-electron chi connectivity index (χ0n) is 15.7. The second-order valence-corrected chi connectivity index (χ2v) is 9.44. The van der Waals surface area contributed by atoms with Crippen molar-refractivity contribution < 1.29 is 4.79 Å². The first kappa shape index (κ1) is 17.2. The molecule has 0 unspecified atom stereocenters. The highest BCUT2D eigenvalue weighted by atomic mass is 35.5. The van der Waals surface area contributed by atoms with E-state index in [1.807, 2.05) is 0 Å². The fourth-order valence-electron chi connectivity index (χ4n) is 6.33. The molecule has 0 atom stereocenters. The molecular weight excluding hydrogens is 356 g/mol. The number of aromatic nitrogens is 1. The van der Waals surface area contributed by atoms with Gasteiger partial charge in [-0.3, -0.25) is 9.78 Å². The van der Waals surface area contributed by atoms with Gasteiger partial charge >= 0.3 is 0 Å². The molecule has 4 bridgehead atoms. The van der Waals surface area contributed by atoms with Crippen LogP contribution in [0.2, 0.25) is 5.02 Å². The lowest BCUT2D eigenvalue weighted by atomic mass is 9.48. The van der Waals surface area contributed by atoms with Gasteiger partial charge in [-0.2, -0.15) is 0 Å². The summed E-state index contributed by atoms with van der Waals surface area (Å²) in [5.41, 5.74) is 4.25. The summed E-state index contributed by atoms with van der Waals surface area (Å²) in [5, 5.41) is 3.43. The van der Waals surface area contributed by atoms with E-state index in [1.54, 1.807) is 12.3 Å². The zero-order chi connectivity index (χ0) is 18.6. The number of halogens is 1. The molecule has 0 spiro atoms. The van der Waals surface area contributed by atoms with E-state index in [4.69, 9.17) is 11.6 Å². The Kier molecular flexibility index (Phi) is 4.05. The van der Waals surface area contributed by atoms with Crippen molar-refractivity contribution in [3.8, 4) is 0 Å². The minimum atomic E-state index is -0.209. The number of aryl methyl sites for hydroxylation is 1. The molecule has 0 radical (unpaired) electrons. The molecule has 1 heterocycles. The van der Waals surface area contributed by atoms with E-state index >= 15 is 0 Å². The van der Waals surface area contributed by atoms with E-state index in [2.05, 4.69) is 35.4 Å². The first-order valence-electron chi connectivity index (χ1n) is 10.0. The number of amides is 1.